The van der Waals surface area contributed by atoms with E-state index in [2.05, 4.69) is 35.6 Å². The fraction of sp³-hybridized carbons (Fsp3) is 0.750. The van der Waals surface area contributed by atoms with Gasteiger partial charge in [-0.3, -0.25) is 0 Å². The van der Waals surface area contributed by atoms with E-state index in [1.54, 1.807) is 0 Å². The SMILES string of the molecule is C=CN(C)CC1CNCCS1. The Hall–Kier alpha value is -0.150. The van der Waals surface area contributed by atoms with E-state index >= 15 is 0 Å². The van der Waals surface area contributed by atoms with Crippen molar-refractivity contribution in [2.75, 3.05) is 32.4 Å². The second-order valence-corrected chi connectivity index (χ2v) is 4.23. The van der Waals surface area contributed by atoms with Gasteiger partial charge in [0.1, 0.15) is 0 Å². The highest BCUT2D eigenvalue weighted by Gasteiger charge is 2.13. The maximum absolute atomic E-state index is 3.72. The summed E-state index contributed by atoms with van der Waals surface area (Å²) in [5.41, 5.74) is 0. The smallest absolute Gasteiger partial charge is 0.0348 e. The molecule has 1 aliphatic heterocycles. The first-order chi connectivity index (χ1) is 5.33. The van der Waals surface area contributed by atoms with Crippen LogP contribution in [0.3, 0.4) is 0 Å². The Morgan fingerprint density at radius 3 is 3.18 bits per heavy atom. The monoisotopic (exact) mass is 172 g/mol. The van der Waals surface area contributed by atoms with Crippen molar-refractivity contribution in [1.82, 2.24) is 10.2 Å². The minimum Gasteiger partial charge on any atom is -0.380 e. The first-order valence-electron chi connectivity index (χ1n) is 3.98. The summed E-state index contributed by atoms with van der Waals surface area (Å²) in [5.74, 6) is 1.25. The zero-order valence-electron chi connectivity index (χ0n) is 7.05. The van der Waals surface area contributed by atoms with Gasteiger partial charge in [-0.25, -0.2) is 0 Å². The summed E-state index contributed by atoms with van der Waals surface area (Å²) in [7, 11) is 2.07. The summed E-state index contributed by atoms with van der Waals surface area (Å²) >= 11 is 2.05. The Kier molecular flexibility index (Phi) is 3.80. The Balaban J connectivity index is 2.18. The normalized spacial score (nSPS) is 24.6. The lowest BCUT2D eigenvalue weighted by atomic mass is 10.4. The predicted octanol–water partition coefficient (Wildman–Crippen LogP) is 0.767. The number of hydrogen-bond donors (Lipinski definition) is 1. The van der Waals surface area contributed by atoms with Gasteiger partial charge in [0.15, 0.2) is 0 Å². The maximum atomic E-state index is 3.72. The van der Waals surface area contributed by atoms with Crippen LogP contribution < -0.4 is 5.32 Å². The molecule has 0 radical (unpaired) electrons. The van der Waals surface area contributed by atoms with Crippen LogP contribution in [0.25, 0.3) is 0 Å². The molecule has 0 aromatic rings. The van der Waals surface area contributed by atoms with Crippen LogP contribution in [-0.4, -0.2) is 42.6 Å². The van der Waals surface area contributed by atoms with Gasteiger partial charge in [-0.05, 0) is 6.20 Å². The molecule has 1 heterocycles. The largest absolute Gasteiger partial charge is 0.380 e. The van der Waals surface area contributed by atoms with Crippen molar-refractivity contribution in [2.45, 2.75) is 5.25 Å². The van der Waals surface area contributed by atoms with Crippen LogP contribution in [0.15, 0.2) is 12.8 Å². The van der Waals surface area contributed by atoms with E-state index < -0.39 is 0 Å². The molecular formula is C8H16N2S. The molecule has 0 aromatic carbocycles. The molecule has 0 saturated carbocycles. The van der Waals surface area contributed by atoms with Crippen molar-refractivity contribution in [3.8, 4) is 0 Å². The summed E-state index contributed by atoms with van der Waals surface area (Å²) in [6.07, 6.45) is 1.88. The third-order valence-electron chi connectivity index (χ3n) is 1.81. The summed E-state index contributed by atoms with van der Waals surface area (Å²) in [6.45, 7) is 7.14. The van der Waals surface area contributed by atoms with Gasteiger partial charge in [0.25, 0.3) is 0 Å². The van der Waals surface area contributed by atoms with Crippen molar-refractivity contribution in [3.05, 3.63) is 12.8 Å². The lowest BCUT2D eigenvalue weighted by molar-refractivity contribution is 0.442. The Labute approximate surface area is 73.0 Å². The second kappa shape index (κ2) is 4.67. The van der Waals surface area contributed by atoms with E-state index in [1.807, 2.05) is 6.20 Å². The minimum atomic E-state index is 0.742. The number of thioether (sulfide) groups is 1. The van der Waals surface area contributed by atoms with Gasteiger partial charge in [0, 0.05) is 37.7 Å². The summed E-state index contributed by atoms with van der Waals surface area (Å²) in [4.78, 5) is 2.14. The summed E-state index contributed by atoms with van der Waals surface area (Å²) in [6, 6.07) is 0. The van der Waals surface area contributed by atoms with Crippen LogP contribution >= 0.6 is 11.8 Å². The maximum Gasteiger partial charge on any atom is 0.0348 e. The molecule has 64 valence electrons. The first kappa shape index (κ1) is 8.94. The molecule has 3 heteroatoms. The highest BCUT2D eigenvalue weighted by atomic mass is 32.2. The zero-order chi connectivity index (χ0) is 8.10. The molecule has 0 spiro atoms. The predicted molar refractivity (Wildman–Crippen MR) is 51.9 cm³/mol. The number of nitrogens with one attached hydrogen (secondary N) is 1. The van der Waals surface area contributed by atoms with Crippen LogP contribution in [0.5, 0.6) is 0 Å². The Morgan fingerprint density at radius 1 is 1.82 bits per heavy atom. The lowest BCUT2D eigenvalue weighted by Gasteiger charge is -2.26. The fourth-order valence-electron chi connectivity index (χ4n) is 1.13. The summed E-state index contributed by atoms with van der Waals surface area (Å²) in [5, 5.41) is 4.12. The van der Waals surface area contributed by atoms with E-state index in [9.17, 15) is 0 Å². The van der Waals surface area contributed by atoms with E-state index in [1.165, 1.54) is 12.3 Å². The standard InChI is InChI=1S/C8H16N2S/c1-3-10(2)7-8-6-9-4-5-11-8/h3,8-9H,1,4-7H2,2H3. The first-order valence-corrected chi connectivity index (χ1v) is 5.03. The molecule has 1 N–H and O–H groups in total. The highest BCUT2D eigenvalue weighted by molar-refractivity contribution is 8.00. The average molecular weight is 172 g/mol. The van der Waals surface area contributed by atoms with Crippen molar-refractivity contribution in [1.29, 1.82) is 0 Å². The highest BCUT2D eigenvalue weighted by Crippen LogP contribution is 2.13. The van der Waals surface area contributed by atoms with Crippen LogP contribution in [0.1, 0.15) is 0 Å². The van der Waals surface area contributed by atoms with Gasteiger partial charge >= 0.3 is 0 Å². The molecule has 1 fully saturated rings. The topological polar surface area (TPSA) is 15.3 Å². The van der Waals surface area contributed by atoms with Crippen LogP contribution in [0.2, 0.25) is 0 Å². The van der Waals surface area contributed by atoms with Gasteiger partial charge in [0.2, 0.25) is 0 Å². The van der Waals surface area contributed by atoms with Crippen molar-refractivity contribution < 1.29 is 0 Å². The summed E-state index contributed by atoms with van der Waals surface area (Å²) < 4.78 is 0. The average Bonchev–Trinajstić information content (AvgIpc) is 2.06. The molecule has 2 nitrogen and oxygen atoms in total. The third-order valence-corrected chi connectivity index (χ3v) is 3.03. The van der Waals surface area contributed by atoms with Crippen molar-refractivity contribution >= 4 is 11.8 Å². The molecule has 0 bridgehead atoms. The van der Waals surface area contributed by atoms with E-state index in [-0.39, 0.29) is 0 Å². The molecule has 11 heavy (non-hydrogen) atoms. The van der Waals surface area contributed by atoms with Crippen molar-refractivity contribution in [2.24, 2.45) is 0 Å². The molecule has 0 amide bonds. The van der Waals surface area contributed by atoms with Crippen LogP contribution in [0, 0.1) is 0 Å². The Morgan fingerprint density at radius 2 is 2.64 bits per heavy atom. The molecular weight excluding hydrogens is 156 g/mol. The van der Waals surface area contributed by atoms with Crippen molar-refractivity contribution in [3.63, 3.8) is 0 Å². The molecule has 0 aliphatic carbocycles. The van der Waals surface area contributed by atoms with Gasteiger partial charge in [-0.15, -0.1) is 0 Å². The second-order valence-electron chi connectivity index (χ2n) is 2.82. The van der Waals surface area contributed by atoms with E-state index in [4.69, 9.17) is 0 Å². The third kappa shape index (κ3) is 3.16. The van der Waals surface area contributed by atoms with Gasteiger partial charge in [-0.1, -0.05) is 6.58 Å². The molecule has 1 unspecified atom stereocenters. The van der Waals surface area contributed by atoms with Crippen LogP contribution in [-0.2, 0) is 0 Å². The zero-order valence-corrected chi connectivity index (χ0v) is 7.86. The fourth-order valence-corrected chi connectivity index (χ4v) is 2.30. The number of rotatable bonds is 3. The molecule has 1 atom stereocenters. The number of nitrogens with zero attached hydrogens (tertiary/aromatic N) is 1. The lowest BCUT2D eigenvalue weighted by Crippen LogP contribution is -2.38. The molecule has 0 aromatic heterocycles. The number of hydrogen-bond acceptors (Lipinski definition) is 3. The van der Waals surface area contributed by atoms with E-state index in [0.29, 0.717) is 0 Å². The van der Waals surface area contributed by atoms with Gasteiger partial charge < -0.3 is 10.2 Å². The van der Waals surface area contributed by atoms with Crippen LogP contribution in [0.4, 0.5) is 0 Å². The molecule has 1 rings (SSSR count). The Bertz CT molecular complexity index is 121. The van der Waals surface area contributed by atoms with Gasteiger partial charge in [-0.2, -0.15) is 11.8 Å². The van der Waals surface area contributed by atoms with Gasteiger partial charge in [0.05, 0.1) is 0 Å². The van der Waals surface area contributed by atoms with E-state index in [0.717, 1.165) is 18.3 Å². The molecule has 1 aliphatic rings. The molecule has 1 saturated heterocycles. The minimum absolute atomic E-state index is 0.742. The quantitative estimate of drug-likeness (QED) is 0.677.